The van der Waals surface area contributed by atoms with Crippen molar-refractivity contribution in [2.24, 2.45) is 0 Å². The number of anilines is 1. The van der Waals surface area contributed by atoms with E-state index in [2.05, 4.69) is 30.2 Å². The molecule has 0 aliphatic carbocycles. The van der Waals surface area contributed by atoms with Crippen LogP contribution in [0.25, 0.3) is 22.6 Å². The molecule has 0 amide bonds. The maximum absolute atomic E-state index is 14.9. The fourth-order valence-electron chi connectivity index (χ4n) is 4.57. The van der Waals surface area contributed by atoms with Crippen LogP contribution in [-0.2, 0) is 0 Å². The minimum atomic E-state index is -0.939. The third-order valence-corrected chi connectivity index (χ3v) is 6.32. The third kappa shape index (κ3) is 3.70. The molecule has 2 aromatic heterocycles. The molecule has 2 aliphatic heterocycles. The number of piperidine rings is 1. The first kappa shape index (κ1) is 20.5. The Morgan fingerprint density at radius 3 is 2.78 bits per heavy atom. The first-order chi connectivity index (χ1) is 15.5. The maximum atomic E-state index is 14.9. The van der Waals surface area contributed by atoms with Gasteiger partial charge in [0.05, 0.1) is 31.2 Å². The SMILES string of the molecule is COc1ncnc(-c2ccc(-c3cnc(N(C)[C@@H]4C[C@H]5CC[C@H](N5)[C@@H]4F)cn3)c(O)c2)n1. The number of aromatic hydroxyl groups is 1. The van der Waals surface area contributed by atoms with Crippen LogP contribution in [0, 0.1) is 0 Å². The number of nitrogens with zero attached hydrogens (tertiary/aromatic N) is 6. The molecule has 2 saturated heterocycles. The lowest BCUT2D eigenvalue weighted by Gasteiger charge is -2.38. The fraction of sp³-hybridized carbons (Fsp3) is 0.409. The van der Waals surface area contributed by atoms with Gasteiger partial charge in [-0.15, -0.1) is 0 Å². The summed E-state index contributed by atoms with van der Waals surface area (Å²) in [6.07, 6.45) is 6.28. The molecule has 1 aromatic carbocycles. The maximum Gasteiger partial charge on any atom is 0.319 e. The van der Waals surface area contributed by atoms with Crippen LogP contribution in [0.1, 0.15) is 19.3 Å². The van der Waals surface area contributed by atoms with E-state index in [1.165, 1.54) is 13.4 Å². The second kappa shape index (κ2) is 8.27. The van der Waals surface area contributed by atoms with Gasteiger partial charge >= 0.3 is 6.01 Å². The van der Waals surface area contributed by atoms with Crippen LogP contribution in [0.2, 0.25) is 0 Å². The average Bonchev–Trinajstić information content (AvgIpc) is 3.24. The van der Waals surface area contributed by atoms with E-state index in [0.717, 1.165) is 19.3 Å². The number of methoxy groups -OCH3 is 1. The largest absolute Gasteiger partial charge is 0.507 e. The number of fused-ring (bicyclic) bond motifs is 2. The molecule has 9 nitrogen and oxygen atoms in total. The molecule has 0 radical (unpaired) electrons. The number of hydrogen-bond donors (Lipinski definition) is 2. The smallest absolute Gasteiger partial charge is 0.319 e. The van der Waals surface area contributed by atoms with Crippen LogP contribution >= 0.6 is 0 Å². The second-order valence-electron chi connectivity index (χ2n) is 8.19. The van der Waals surface area contributed by atoms with E-state index in [-0.39, 0.29) is 23.8 Å². The first-order valence-corrected chi connectivity index (χ1v) is 10.6. The van der Waals surface area contributed by atoms with Crippen LogP contribution < -0.4 is 15.0 Å². The Kier molecular flexibility index (Phi) is 5.30. The summed E-state index contributed by atoms with van der Waals surface area (Å²) < 4.78 is 19.9. The molecule has 5 rings (SSSR count). The number of ether oxygens (including phenoxy) is 1. The molecule has 2 N–H and O–H groups in total. The highest BCUT2D eigenvalue weighted by Gasteiger charge is 2.43. The lowest BCUT2D eigenvalue weighted by Crippen LogP contribution is -2.55. The second-order valence-corrected chi connectivity index (χ2v) is 8.19. The molecular formula is C22H24FN7O2. The molecule has 2 bridgehead atoms. The van der Waals surface area contributed by atoms with E-state index in [9.17, 15) is 9.50 Å². The highest BCUT2D eigenvalue weighted by atomic mass is 19.1. The lowest BCUT2D eigenvalue weighted by molar-refractivity contribution is 0.176. The summed E-state index contributed by atoms with van der Waals surface area (Å²) in [4.78, 5) is 23.0. The predicted molar refractivity (Wildman–Crippen MR) is 116 cm³/mol. The standard InChI is InChI=1S/C22H24FN7O2/c1-30(17-8-13-4-6-15(28-13)20(17)23)19-10-24-16(9-25-19)14-5-3-12(7-18(14)31)21-26-11-27-22(29-21)32-2/h3,5,7,9-11,13,15,17,20,28,31H,4,6,8H2,1-2H3/t13-,15+,17-,20+/m1/s1. The van der Waals surface area contributed by atoms with Crippen molar-refractivity contribution < 1.29 is 14.2 Å². The van der Waals surface area contributed by atoms with E-state index in [1.807, 2.05) is 11.9 Å². The number of nitrogens with one attached hydrogen (secondary N) is 1. The van der Waals surface area contributed by atoms with Gasteiger partial charge in [0, 0.05) is 30.3 Å². The van der Waals surface area contributed by atoms with Gasteiger partial charge in [0.1, 0.15) is 24.1 Å². The first-order valence-electron chi connectivity index (χ1n) is 10.6. The molecule has 0 unspecified atom stereocenters. The van der Waals surface area contributed by atoms with Gasteiger partial charge in [-0.2, -0.15) is 9.97 Å². The van der Waals surface area contributed by atoms with Crippen LogP contribution in [0.5, 0.6) is 11.8 Å². The van der Waals surface area contributed by atoms with Gasteiger partial charge in [-0.05, 0) is 31.4 Å². The number of phenols is 1. The minimum absolute atomic E-state index is 0.0241. The van der Waals surface area contributed by atoms with E-state index >= 15 is 0 Å². The Labute approximate surface area is 184 Å². The van der Waals surface area contributed by atoms with E-state index in [4.69, 9.17) is 4.74 Å². The zero-order chi connectivity index (χ0) is 22.2. The van der Waals surface area contributed by atoms with Gasteiger partial charge in [0.25, 0.3) is 0 Å². The van der Waals surface area contributed by atoms with E-state index in [1.54, 1.807) is 30.6 Å². The normalized spacial score (nSPS) is 24.3. The van der Waals surface area contributed by atoms with E-state index in [0.29, 0.717) is 34.5 Å². The molecule has 32 heavy (non-hydrogen) atoms. The van der Waals surface area contributed by atoms with Crippen LogP contribution in [-0.4, -0.2) is 68.5 Å². The molecule has 2 fully saturated rings. The Balaban J connectivity index is 1.35. The minimum Gasteiger partial charge on any atom is -0.507 e. The molecule has 10 heteroatoms. The number of benzene rings is 1. The monoisotopic (exact) mass is 437 g/mol. The zero-order valence-corrected chi connectivity index (χ0v) is 17.8. The Bertz CT molecular complexity index is 1110. The number of aromatic nitrogens is 5. The van der Waals surface area contributed by atoms with E-state index < -0.39 is 6.17 Å². The summed E-state index contributed by atoms with van der Waals surface area (Å²) in [5.74, 6) is 1.02. The summed E-state index contributed by atoms with van der Waals surface area (Å²) in [7, 11) is 3.34. The van der Waals surface area contributed by atoms with Crippen LogP contribution in [0.15, 0.2) is 36.9 Å². The van der Waals surface area contributed by atoms with Gasteiger partial charge < -0.3 is 20.1 Å². The molecule has 4 atom stereocenters. The van der Waals surface area contributed by atoms with Crippen molar-refractivity contribution in [2.45, 2.75) is 43.6 Å². The van der Waals surface area contributed by atoms with Crippen molar-refractivity contribution in [3.8, 4) is 34.4 Å². The van der Waals surface area contributed by atoms with Gasteiger partial charge in [-0.1, -0.05) is 6.07 Å². The highest BCUT2D eigenvalue weighted by Crippen LogP contribution is 2.34. The Hall–Kier alpha value is -3.40. The molecule has 2 aliphatic rings. The van der Waals surface area contributed by atoms with Crippen molar-refractivity contribution in [2.75, 3.05) is 19.1 Å². The van der Waals surface area contributed by atoms with Crippen molar-refractivity contribution >= 4 is 5.82 Å². The van der Waals surface area contributed by atoms with Gasteiger partial charge in [-0.3, -0.25) is 4.98 Å². The molecule has 4 heterocycles. The topological polar surface area (TPSA) is 109 Å². The summed E-state index contributed by atoms with van der Waals surface area (Å²) in [6, 6.07) is 5.34. The van der Waals surface area contributed by atoms with Gasteiger partial charge in [-0.25, -0.2) is 14.4 Å². The quantitative estimate of drug-likeness (QED) is 0.622. The number of alkyl halides is 1. The third-order valence-electron chi connectivity index (χ3n) is 6.32. The van der Waals surface area contributed by atoms with Crippen LogP contribution in [0.4, 0.5) is 10.2 Å². The fourth-order valence-corrected chi connectivity index (χ4v) is 4.57. The summed E-state index contributed by atoms with van der Waals surface area (Å²) in [5, 5.41) is 13.9. The molecule has 0 saturated carbocycles. The number of phenolic OH excluding ortho intramolecular Hbond substituents is 1. The van der Waals surface area contributed by atoms with Gasteiger partial charge in [0.2, 0.25) is 0 Å². The molecule has 3 aromatic rings. The van der Waals surface area contributed by atoms with Crippen LogP contribution in [0.3, 0.4) is 0 Å². The summed E-state index contributed by atoms with van der Waals surface area (Å²) in [6.45, 7) is 0. The number of rotatable bonds is 5. The zero-order valence-electron chi connectivity index (χ0n) is 17.8. The van der Waals surface area contributed by atoms with Crippen molar-refractivity contribution in [3.05, 3.63) is 36.9 Å². The van der Waals surface area contributed by atoms with Crippen molar-refractivity contribution in [1.82, 2.24) is 30.2 Å². The van der Waals surface area contributed by atoms with Gasteiger partial charge in [0.15, 0.2) is 5.82 Å². The van der Waals surface area contributed by atoms with Crippen molar-refractivity contribution in [3.63, 3.8) is 0 Å². The van der Waals surface area contributed by atoms with Crippen molar-refractivity contribution in [1.29, 1.82) is 0 Å². The highest BCUT2D eigenvalue weighted by molar-refractivity contribution is 5.71. The predicted octanol–water partition coefficient (Wildman–Crippen LogP) is 2.38. The summed E-state index contributed by atoms with van der Waals surface area (Å²) >= 11 is 0. The Morgan fingerprint density at radius 1 is 1.16 bits per heavy atom. The Morgan fingerprint density at radius 2 is 2.03 bits per heavy atom. The average molecular weight is 437 g/mol. The molecular weight excluding hydrogens is 413 g/mol. The molecule has 0 spiro atoms. The summed E-state index contributed by atoms with van der Waals surface area (Å²) in [5.41, 5.74) is 1.66. The lowest BCUT2D eigenvalue weighted by atomic mass is 9.96. The number of hydrogen-bond acceptors (Lipinski definition) is 9. The number of halogens is 1. The molecule has 166 valence electrons.